The lowest BCUT2D eigenvalue weighted by atomic mass is 9.96. The molecule has 1 N–H and O–H groups in total. The molecule has 1 saturated heterocycles. The summed E-state index contributed by atoms with van der Waals surface area (Å²) in [6.07, 6.45) is 0.574. The van der Waals surface area contributed by atoms with Crippen LogP contribution in [0.25, 0.3) is 0 Å². The first-order valence-electron chi connectivity index (χ1n) is 6.99. The predicted octanol–water partition coefficient (Wildman–Crippen LogP) is 1.97. The van der Waals surface area contributed by atoms with E-state index < -0.39 is 11.6 Å². The van der Waals surface area contributed by atoms with E-state index in [9.17, 15) is 13.6 Å². The first-order valence-corrected chi connectivity index (χ1v) is 6.99. The molecule has 20 heavy (non-hydrogen) atoms. The number of nitrogens with zero attached hydrogens (tertiary/aromatic N) is 1. The summed E-state index contributed by atoms with van der Waals surface area (Å²) in [5, 5.41) is 3.18. The molecule has 0 aromatic heterocycles. The number of hydrogen-bond donors (Lipinski definition) is 1. The van der Waals surface area contributed by atoms with Crippen LogP contribution >= 0.6 is 0 Å². The largest absolute Gasteiger partial charge is 0.340 e. The third-order valence-corrected chi connectivity index (χ3v) is 3.61. The van der Waals surface area contributed by atoms with E-state index in [1.54, 1.807) is 0 Å². The van der Waals surface area contributed by atoms with Crippen LogP contribution in [0.2, 0.25) is 0 Å². The van der Waals surface area contributed by atoms with Crippen LogP contribution in [0.15, 0.2) is 18.2 Å². The van der Waals surface area contributed by atoms with Crippen molar-refractivity contribution in [2.24, 2.45) is 5.92 Å². The monoisotopic (exact) mass is 282 g/mol. The van der Waals surface area contributed by atoms with Gasteiger partial charge < -0.3 is 10.2 Å². The Hall–Kier alpha value is -1.49. The van der Waals surface area contributed by atoms with Gasteiger partial charge in [-0.25, -0.2) is 8.78 Å². The maximum atomic E-state index is 13.6. The van der Waals surface area contributed by atoms with Crippen molar-refractivity contribution in [1.82, 2.24) is 10.2 Å². The second-order valence-corrected chi connectivity index (χ2v) is 5.34. The van der Waals surface area contributed by atoms with Gasteiger partial charge in [-0.15, -0.1) is 0 Å². The molecule has 1 unspecified atom stereocenters. The fraction of sp³-hybridized carbons (Fsp3) is 0.533. The highest BCUT2D eigenvalue weighted by Gasteiger charge is 2.20. The second-order valence-electron chi connectivity index (χ2n) is 5.34. The van der Waals surface area contributed by atoms with Gasteiger partial charge in [0.2, 0.25) is 5.91 Å². The smallest absolute Gasteiger partial charge is 0.222 e. The van der Waals surface area contributed by atoms with Crippen molar-refractivity contribution in [3.63, 3.8) is 0 Å². The lowest BCUT2D eigenvalue weighted by Crippen LogP contribution is -2.46. The van der Waals surface area contributed by atoms with Crippen LogP contribution in [0.1, 0.15) is 18.9 Å². The summed E-state index contributed by atoms with van der Waals surface area (Å²) in [7, 11) is 0. The Labute approximate surface area is 118 Å². The molecule has 0 radical (unpaired) electrons. The Morgan fingerprint density at radius 3 is 2.50 bits per heavy atom. The topological polar surface area (TPSA) is 32.3 Å². The Morgan fingerprint density at radius 2 is 1.90 bits per heavy atom. The maximum absolute atomic E-state index is 13.6. The lowest BCUT2D eigenvalue weighted by Gasteiger charge is -2.28. The standard InChI is InChI=1S/C15H20F2N2O/c1-11(9-12-13(16)3-2-4-14(12)17)10-15(20)19-7-5-18-6-8-19/h2-4,11,18H,5-10H2,1H3. The average Bonchev–Trinajstić information content (AvgIpc) is 2.44. The number of carbonyl (C=O) groups excluding carboxylic acids is 1. The lowest BCUT2D eigenvalue weighted by molar-refractivity contribution is -0.132. The van der Waals surface area contributed by atoms with E-state index in [1.807, 2.05) is 11.8 Å². The average molecular weight is 282 g/mol. The molecule has 1 aromatic carbocycles. The fourth-order valence-corrected chi connectivity index (χ4v) is 2.49. The van der Waals surface area contributed by atoms with E-state index >= 15 is 0 Å². The molecule has 1 amide bonds. The van der Waals surface area contributed by atoms with Crippen molar-refractivity contribution in [2.45, 2.75) is 19.8 Å². The summed E-state index contributed by atoms with van der Waals surface area (Å²) in [4.78, 5) is 13.9. The summed E-state index contributed by atoms with van der Waals surface area (Å²) in [5.74, 6) is -1.09. The van der Waals surface area contributed by atoms with Gasteiger partial charge in [-0.2, -0.15) is 0 Å². The normalized spacial score (nSPS) is 17.1. The number of piperazine rings is 1. The molecule has 0 saturated carbocycles. The first kappa shape index (κ1) is 14.9. The van der Waals surface area contributed by atoms with Gasteiger partial charge in [-0.3, -0.25) is 4.79 Å². The van der Waals surface area contributed by atoms with E-state index in [0.717, 1.165) is 13.1 Å². The molecule has 1 atom stereocenters. The molecular weight excluding hydrogens is 262 g/mol. The molecule has 1 aliphatic heterocycles. The fourth-order valence-electron chi connectivity index (χ4n) is 2.49. The number of amides is 1. The molecule has 0 spiro atoms. The minimum Gasteiger partial charge on any atom is -0.340 e. The van der Waals surface area contributed by atoms with Gasteiger partial charge in [0.15, 0.2) is 0 Å². The van der Waals surface area contributed by atoms with Gasteiger partial charge >= 0.3 is 0 Å². The van der Waals surface area contributed by atoms with Crippen molar-refractivity contribution in [3.05, 3.63) is 35.4 Å². The Bertz CT molecular complexity index is 453. The summed E-state index contributed by atoms with van der Waals surface area (Å²) in [6.45, 7) is 4.88. The number of benzene rings is 1. The van der Waals surface area contributed by atoms with Crippen LogP contribution in [0.4, 0.5) is 8.78 Å². The molecule has 1 fully saturated rings. The van der Waals surface area contributed by atoms with Crippen LogP contribution < -0.4 is 5.32 Å². The summed E-state index contributed by atoms with van der Waals surface area (Å²) < 4.78 is 27.1. The zero-order chi connectivity index (χ0) is 14.5. The molecule has 5 heteroatoms. The van der Waals surface area contributed by atoms with Crippen molar-refractivity contribution in [1.29, 1.82) is 0 Å². The van der Waals surface area contributed by atoms with Crippen LogP contribution in [0, 0.1) is 17.6 Å². The number of halogens is 2. The molecule has 3 nitrogen and oxygen atoms in total. The van der Waals surface area contributed by atoms with Crippen molar-refractivity contribution >= 4 is 5.91 Å². The molecule has 110 valence electrons. The molecule has 1 aliphatic rings. The minimum absolute atomic E-state index is 0.0655. The predicted molar refractivity (Wildman–Crippen MR) is 73.3 cm³/mol. The number of nitrogens with one attached hydrogen (secondary N) is 1. The summed E-state index contributed by atoms with van der Waals surface area (Å²) >= 11 is 0. The van der Waals surface area contributed by atoms with E-state index in [4.69, 9.17) is 0 Å². The van der Waals surface area contributed by atoms with Gasteiger partial charge in [0.1, 0.15) is 11.6 Å². The minimum atomic E-state index is -0.536. The van der Waals surface area contributed by atoms with E-state index in [0.29, 0.717) is 19.5 Å². The Balaban J connectivity index is 1.91. The van der Waals surface area contributed by atoms with E-state index in [-0.39, 0.29) is 23.8 Å². The number of carbonyl (C=O) groups is 1. The third-order valence-electron chi connectivity index (χ3n) is 3.61. The highest BCUT2D eigenvalue weighted by atomic mass is 19.1. The Morgan fingerprint density at radius 1 is 1.30 bits per heavy atom. The van der Waals surface area contributed by atoms with Crippen molar-refractivity contribution in [3.8, 4) is 0 Å². The molecule has 0 aliphatic carbocycles. The highest BCUT2D eigenvalue weighted by molar-refractivity contribution is 5.76. The van der Waals surface area contributed by atoms with Gasteiger partial charge in [-0.05, 0) is 24.5 Å². The zero-order valence-electron chi connectivity index (χ0n) is 11.7. The van der Waals surface area contributed by atoms with Gasteiger partial charge in [0, 0.05) is 38.2 Å². The van der Waals surface area contributed by atoms with Gasteiger partial charge in [0.05, 0.1) is 0 Å². The maximum Gasteiger partial charge on any atom is 0.222 e. The molecule has 0 bridgehead atoms. The zero-order valence-corrected chi connectivity index (χ0v) is 11.7. The van der Waals surface area contributed by atoms with Crippen LogP contribution in [-0.4, -0.2) is 37.0 Å². The molecule has 2 rings (SSSR count). The van der Waals surface area contributed by atoms with Crippen LogP contribution in [0.5, 0.6) is 0 Å². The summed E-state index contributed by atoms with van der Waals surface area (Å²) in [5.41, 5.74) is 0.0770. The van der Waals surface area contributed by atoms with Crippen molar-refractivity contribution < 1.29 is 13.6 Å². The summed E-state index contributed by atoms with van der Waals surface area (Å²) in [6, 6.07) is 3.86. The molecular formula is C15H20F2N2O. The van der Waals surface area contributed by atoms with Crippen molar-refractivity contribution in [2.75, 3.05) is 26.2 Å². The van der Waals surface area contributed by atoms with Gasteiger partial charge in [-0.1, -0.05) is 13.0 Å². The third kappa shape index (κ3) is 3.76. The van der Waals surface area contributed by atoms with Crippen LogP contribution in [0.3, 0.4) is 0 Å². The number of hydrogen-bond acceptors (Lipinski definition) is 2. The molecule has 1 aromatic rings. The van der Waals surface area contributed by atoms with Gasteiger partial charge in [0.25, 0.3) is 0 Å². The first-order chi connectivity index (χ1) is 9.58. The number of rotatable bonds is 4. The Kier molecular flexibility index (Phi) is 5.06. The molecule has 1 heterocycles. The highest BCUT2D eigenvalue weighted by Crippen LogP contribution is 2.19. The SMILES string of the molecule is CC(CC(=O)N1CCNCC1)Cc1c(F)cccc1F. The van der Waals surface area contributed by atoms with Crippen LogP contribution in [-0.2, 0) is 11.2 Å². The second kappa shape index (κ2) is 6.79. The van der Waals surface area contributed by atoms with E-state index in [2.05, 4.69) is 5.32 Å². The van der Waals surface area contributed by atoms with E-state index in [1.165, 1.54) is 18.2 Å². The quantitative estimate of drug-likeness (QED) is 0.915.